The lowest BCUT2D eigenvalue weighted by molar-refractivity contribution is -0.135. The number of nitrogens with zero attached hydrogens (tertiary/aromatic N) is 3. The number of aryl methyl sites for hydroxylation is 2. The lowest BCUT2D eigenvalue weighted by atomic mass is 10.0. The average Bonchev–Trinajstić information content (AvgIpc) is 3.04. The monoisotopic (exact) mass is 443 g/mol. The van der Waals surface area contributed by atoms with Crippen molar-refractivity contribution in [2.75, 3.05) is 39.8 Å². The summed E-state index contributed by atoms with van der Waals surface area (Å²) in [6.45, 7) is 4.62. The van der Waals surface area contributed by atoms with Gasteiger partial charge in [-0.2, -0.15) is 0 Å². The van der Waals surface area contributed by atoms with Gasteiger partial charge in [-0.1, -0.05) is 12.1 Å². The maximum atomic E-state index is 13.0. The molecule has 2 aliphatic rings. The van der Waals surface area contributed by atoms with Crippen LogP contribution in [0.25, 0.3) is 11.0 Å². The Balaban J connectivity index is 1.48. The summed E-state index contributed by atoms with van der Waals surface area (Å²) >= 11 is 0. The van der Waals surface area contributed by atoms with E-state index in [1.165, 1.54) is 0 Å². The molecule has 4 rings (SSSR count). The van der Waals surface area contributed by atoms with Gasteiger partial charge in [-0.15, -0.1) is 0 Å². The van der Waals surface area contributed by atoms with Gasteiger partial charge in [0.15, 0.2) is 0 Å². The Labute approximate surface area is 187 Å². The number of carbonyl (C=O) groups is 2. The van der Waals surface area contributed by atoms with Gasteiger partial charge < -0.3 is 10.1 Å². The first-order valence-electron chi connectivity index (χ1n) is 11.5. The van der Waals surface area contributed by atoms with Crippen molar-refractivity contribution < 1.29 is 14.3 Å². The molecule has 2 atom stereocenters. The van der Waals surface area contributed by atoms with Crippen molar-refractivity contribution >= 4 is 22.8 Å². The summed E-state index contributed by atoms with van der Waals surface area (Å²) in [5, 5.41) is 5.55. The summed E-state index contributed by atoms with van der Waals surface area (Å²) in [4.78, 5) is 39.5. The number of benzene rings is 1. The number of morpholine rings is 1. The zero-order valence-electron chi connectivity index (χ0n) is 18.9. The van der Waals surface area contributed by atoms with Crippen LogP contribution in [-0.2, 0) is 27.8 Å². The van der Waals surface area contributed by atoms with Crippen LogP contribution < -0.4 is 16.3 Å². The third-order valence-electron chi connectivity index (χ3n) is 6.57. The number of aromatic nitrogens is 2. The molecular formula is C23H33N5O4. The van der Waals surface area contributed by atoms with Gasteiger partial charge in [0.05, 0.1) is 23.7 Å². The maximum absolute atomic E-state index is 13.0. The van der Waals surface area contributed by atoms with Crippen LogP contribution in [0, 0.1) is 0 Å². The number of rotatable bonds is 8. The molecule has 2 fully saturated rings. The van der Waals surface area contributed by atoms with E-state index in [-0.39, 0.29) is 24.1 Å². The number of imidazole rings is 1. The second-order valence-electron chi connectivity index (χ2n) is 8.75. The maximum Gasteiger partial charge on any atom is 0.329 e. The molecule has 3 heterocycles. The van der Waals surface area contributed by atoms with E-state index in [2.05, 4.69) is 21.6 Å². The molecule has 0 spiro atoms. The molecular weight excluding hydrogens is 410 g/mol. The minimum Gasteiger partial charge on any atom is -0.376 e. The van der Waals surface area contributed by atoms with Crippen LogP contribution in [-0.4, -0.2) is 71.8 Å². The second kappa shape index (κ2) is 9.97. The van der Waals surface area contributed by atoms with Crippen molar-refractivity contribution in [2.45, 2.75) is 44.2 Å². The quantitative estimate of drug-likeness (QED) is 0.579. The molecule has 2 saturated heterocycles. The summed E-state index contributed by atoms with van der Waals surface area (Å²) in [7, 11) is 3.72. The lowest BCUT2D eigenvalue weighted by Gasteiger charge is -2.33. The van der Waals surface area contributed by atoms with E-state index in [0.717, 1.165) is 68.6 Å². The molecule has 9 nitrogen and oxygen atoms in total. The fourth-order valence-corrected chi connectivity index (χ4v) is 4.91. The van der Waals surface area contributed by atoms with Crippen LogP contribution in [0.1, 0.15) is 37.3 Å². The van der Waals surface area contributed by atoms with E-state index in [9.17, 15) is 14.4 Å². The second-order valence-corrected chi connectivity index (χ2v) is 8.75. The van der Waals surface area contributed by atoms with E-state index in [1.807, 2.05) is 19.2 Å². The number of para-hydroxylation sites is 1. The smallest absolute Gasteiger partial charge is 0.329 e. The number of hydrogen-bond donors (Lipinski definition) is 2. The fraction of sp³-hybridized carbons (Fsp3) is 0.609. The van der Waals surface area contributed by atoms with Crippen LogP contribution in [0.15, 0.2) is 23.0 Å². The van der Waals surface area contributed by atoms with Crippen LogP contribution >= 0.6 is 0 Å². The summed E-state index contributed by atoms with van der Waals surface area (Å²) in [5.41, 5.74) is 2.51. The Morgan fingerprint density at radius 3 is 2.88 bits per heavy atom. The third kappa shape index (κ3) is 4.65. The van der Waals surface area contributed by atoms with E-state index in [0.29, 0.717) is 6.42 Å². The Morgan fingerprint density at radius 1 is 1.25 bits per heavy atom. The third-order valence-corrected chi connectivity index (χ3v) is 6.57. The average molecular weight is 444 g/mol. The van der Waals surface area contributed by atoms with Gasteiger partial charge in [0.2, 0.25) is 11.8 Å². The van der Waals surface area contributed by atoms with Crippen molar-refractivity contribution in [3.05, 3.63) is 34.2 Å². The topological polar surface area (TPSA) is 97.6 Å². The highest BCUT2D eigenvalue weighted by molar-refractivity contribution is 6.00. The van der Waals surface area contributed by atoms with E-state index < -0.39 is 11.9 Å². The van der Waals surface area contributed by atoms with Crippen LogP contribution in [0.2, 0.25) is 0 Å². The van der Waals surface area contributed by atoms with Crippen LogP contribution in [0.3, 0.4) is 0 Å². The number of amides is 2. The van der Waals surface area contributed by atoms with Gasteiger partial charge >= 0.3 is 5.69 Å². The number of ether oxygens (including phenoxy) is 1. The minimum absolute atomic E-state index is 0.220. The molecule has 9 heteroatoms. The van der Waals surface area contributed by atoms with Gasteiger partial charge in [-0.25, -0.2) is 4.79 Å². The number of fused-ring (bicyclic) bond motifs is 1. The van der Waals surface area contributed by atoms with Crippen molar-refractivity contribution in [2.24, 2.45) is 7.05 Å². The van der Waals surface area contributed by atoms with Crippen molar-refractivity contribution in [3.63, 3.8) is 0 Å². The first-order valence-corrected chi connectivity index (χ1v) is 11.5. The van der Waals surface area contributed by atoms with Gasteiger partial charge in [0.1, 0.15) is 6.04 Å². The molecule has 0 bridgehead atoms. The summed E-state index contributed by atoms with van der Waals surface area (Å²) in [6, 6.07) is 5.24. The first-order chi connectivity index (χ1) is 15.5. The van der Waals surface area contributed by atoms with E-state index >= 15 is 0 Å². The molecule has 174 valence electrons. The number of carbonyl (C=O) groups excluding carboxylic acids is 2. The van der Waals surface area contributed by atoms with Gasteiger partial charge in [-0.05, 0) is 57.5 Å². The summed E-state index contributed by atoms with van der Waals surface area (Å²) in [6.07, 6.45) is 3.72. The molecule has 32 heavy (non-hydrogen) atoms. The van der Waals surface area contributed by atoms with Crippen molar-refractivity contribution in [1.29, 1.82) is 0 Å². The molecule has 0 aliphatic carbocycles. The summed E-state index contributed by atoms with van der Waals surface area (Å²) < 4.78 is 9.05. The Hall–Kier alpha value is -2.49. The van der Waals surface area contributed by atoms with E-state index in [4.69, 9.17) is 4.74 Å². The number of imide groups is 1. The predicted molar refractivity (Wildman–Crippen MR) is 122 cm³/mol. The highest BCUT2D eigenvalue weighted by Crippen LogP contribution is 2.25. The minimum atomic E-state index is -0.651. The number of hydrogen-bond acceptors (Lipinski definition) is 6. The highest BCUT2D eigenvalue weighted by Gasteiger charge is 2.31. The lowest BCUT2D eigenvalue weighted by Crippen LogP contribution is -2.44. The molecule has 2 aromatic rings. The normalized spacial score (nSPS) is 22.4. The van der Waals surface area contributed by atoms with Crippen molar-refractivity contribution in [1.82, 2.24) is 24.7 Å². The van der Waals surface area contributed by atoms with Gasteiger partial charge in [0.25, 0.3) is 0 Å². The standard InChI is InChI=1S/C23H33N5O4/c1-24-11-10-17-15-27(13-14-32-17)12-4-6-16-5-3-7-18-21(16)26(2)23(31)28(18)19-8-9-20(29)25-22(19)30/h3,5,7,17,19,24H,4,6,8-15H2,1-2H3,(H,25,29,30)/t17-,19?/m0/s1. The molecule has 1 aromatic carbocycles. The molecule has 0 saturated carbocycles. The number of nitrogens with one attached hydrogen (secondary N) is 2. The molecule has 2 amide bonds. The summed E-state index contributed by atoms with van der Waals surface area (Å²) in [5.74, 6) is -0.682. The SMILES string of the molecule is CNCC[C@H]1CN(CCCc2cccc3c2n(C)c(=O)n3C2CCC(=O)NC2=O)CCO1. The Bertz CT molecular complexity index is 1040. The van der Waals surface area contributed by atoms with E-state index in [1.54, 1.807) is 16.2 Å². The molecule has 2 aliphatic heterocycles. The Kier molecular flexibility index (Phi) is 7.07. The van der Waals surface area contributed by atoms with Gasteiger partial charge in [-0.3, -0.25) is 28.9 Å². The number of piperidine rings is 1. The first kappa shape index (κ1) is 22.7. The molecule has 1 aromatic heterocycles. The van der Waals surface area contributed by atoms with Gasteiger partial charge in [0, 0.05) is 26.6 Å². The van der Waals surface area contributed by atoms with Crippen LogP contribution in [0.4, 0.5) is 0 Å². The zero-order chi connectivity index (χ0) is 22.7. The fourth-order valence-electron chi connectivity index (χ4n) is 4.91. The van der Waals surface area contributed by atoms with Crippen molar-refractivity contribution in [3.8, 4) is 0 Å². The predicted octanol–water partition coefficient (Wildman–Crippen LogP) is 0.561. The largest absolute Gasteiger partial charge is 0.376 e. The van der Waals surface area contributed by atoms with Crippen LogP contribution in [0.5, 0.6) is 0 Å². The molecule has 2 N–H and O–H groups in total. The Morgan fingerprint density at radius 2 is 2.09 bits per heavy atom. The molecule has 1 unspecified atom stereocenters. The zero-order valence-corrected chi connectivity index (χ0v) is 18.9. The molecule has 0 radical (unpaired) electrons. The highest BCUT2D eigenvalue weighted by atomic mass is 16.5.